The fourth-order valence-corrected chi connectivity index (χ4v) is 4.54. The quantitative estimate of drug-likeness (QED) is 0.546. The topological polar surface area (TPSA) is 52.8 Å². The number of para-hydroxylation sites is 1. The Balaban J connectivity index is 2.22. The van der Waals surface area contributed by atoms with Gasteiger partial charge in [0.2, 0.25) is 0 Å². The van der Waals surface area contributed by atoms with Crippen LogP contribution in [-0.4, -0.2) is 24.7 Å². The van der Waals surface area contributed by atoms with Crippen LogP contribution in [0.3, 0.4) is 0 Å². The molecule has 0 radical (unpaired) electrons. The van der Waals surface area contributed by atoms with E-state index in [0.29, 0.717) is 38.5 Å². The average Bonchev–Trinajstić information content (AvgIpc) is 2.98. The molecule has 0 aliphatic heterocycles. The highest BCUT2D eigenvalue weighted by atomic mass is 35.5. The van der Waals surface area contributed by atoms with Crippen molar-refractivity contribution in [3.8, 4) is 11.5 Å². The summed E-state index contributed by atoms with van der Waals surface area (Å²) in [7, 11) is 2.99. The van der Waals surface area contributed by atoms with Crippen molar-refractivity contribution < 1.29 is 14.3 Å². The first-order valence-electron chi connectivity index (χ1n) is 7.89. The minimum absolute atomic E-state index is 0.309. The molecule has 0 spiro atoms. The third-order valence-corrected chi connectivity index (χ3v) is 5.37. The van der Waals surface area contributed by atoms with Gasteiger partial charge in [0.05, 0.1) is 35.0 Å². The third-order valence-electron chi connectivity index (χ3n) is 3.84. The average molecular weight is 423 g/mol. The van der Waals surface area contributed by atoms with E-state index >= 15 is 0 Å². The predicted molar refractivity (Wildman–Crippen MR) is 109 cm³/mol. The van der Waals surface area contributed by atoms with Gasteiger partial charge in [-0.15, -0.1) is 6.58 Å². The molecule has 0 unspecified atom stereocenters. The first-order chi connectivity index (χ1) is 13.0. The lowest BCUT2D eigenvalue weighted by Crippen LogP contribution is -2.16. The molecule has 1 aromatic heterocycles. The molecule has 3 rings (SSSR count). The number of carbonyl (C=O) groups excluding carboxylic acids is 1. The number of carbonyl (C=O) groups is 1. The number of aromatic nitrogens is 1. The van der Waals surface area contributed by atoms with Crippen molar-refractivity contribution >= 4 is 50.7 Å². The molecule has 1 heterocycles. The summed E-state index contributed by atoms with van der Waals surface area (Å²) in [5, 5.41) is 1.01. The van der Waals surface area contributed by atoms with Gasteiger partial charge in [-0.1, -0.05) is 46.7 Å². The number of thiazole rings is 1. The van der Waals surface area contributed by atoms with Crippen LogP contribution in [0.25, 0.3) is 10.2 Å². The van der Waals surface area contributed by atoms with Crippen molar-refractivity contribution in [3.05, 3.63) is 63.4 Å². The molecular formula is C19H16Cl2N2O3S. The minimum Gasteiger partial charge on any atom is -0.493 e. The Labute approximate surface area is 170 Å². The van der Waals surface area contributed by atoms with Gasteiger partial charge in [0, 0.05) is 11.6 Å². The molecule has 0 atom stereocenters. The highest BCUT2D eigenvalue weighted by molar-refractivity contribution is 7.16. The standard InChI is InChI=1S/C19H16Cl2N2O3S/c1-4-8-23-16-13(21)9-11(20)10-15(16)27-19(23)22-18(24)12-6-5-7-14(25-2)17(12)26-3/h4-7,9-10H,1,8H2,2-3H3. The van der Waals surface area contributed by atoms with Crippen LogP contribution in [-0.2, 0) is 6.54 Å². The van der Waals surface area contributed by atoms with E-state index in [-0.39, 0.29) is 0 Å². The SMILES string of the molecule is C=CCn1c(=NC(=O)c2cccc(OC)c2OC)sc2cc(Cl)cc(Cl)c21. The smallest absolute Gasteiger partial charge is 0.283 e. The minimum atomic E-state index is -0.447. The molecular weight excluding hydrogens is 407 g/mol. The first-order valence-corrected chi connectivity index (χ1v) is 9.46. The lowest BCUT2D eigenvalue weighted by Gasteiger charge is -2.10. The summed E-state index contributed by atoms with van der Waals surface area (Å²) in [5.41, 5.74) is 1.07. The van der Waals surface area contributed by atoms with Gasteiger partial charge in [-0.25, -0.2) is 0 Å². The highest BCUT2D eigenvalue weighted by Gasteiger charge is 2.17. The molecule has 0 saturated heterocycles. The zero-order chi connectivity index (χ0) is 19.6. The number of methoxy groups -OCH3 is 2. The van der Waals surface area contributed by atoms with Crippen molar-refractivity contribution in [2.45, 2.75) is 6.54 Å². The van der Waals surface area contributed by atoms with Crippen LogP contribution < -0.4 is 14.3 Å². The van der Waals surface area contributed by atoms with E-state index in [0.717, 1.165) is 10.2 Å². The van der Waals surface area contributed by atoms with E-state index in [1.165, 1.54) is 25.6 Å². The molecule has 0 aliphatic carbocycles. The van der Waals surface area contributed by atoms with E-state index in [9.17, 15) is 4.79 Å². The molecule has 27 heavy (non-hydrogen) atoms. The number of fused-ring (bicyclic) bond motifs is 1. The molecule has 0 fully saturated rings. The Morgan fingerprint density at radius 3 is 2.74 bits per heavy atom. The van der Waals surface area contributed by atoms with Crippen molar-refractivity contribution in [2.75, 3.05) is 14.2 Å². The van der Waals surface area contributed by atoms with Crippen molar-refractivity contribution in [2.24, 2.45) is 4.99 Å². The van der Waals surface area contributed by atoms with Crippen molar-refractivity contribution in [1.29, 1.82) is 0 Å². The van der Waals surface area contributed by atoms with Crippen LogP contribution >= 0.6 is 34.5 Å². The molecule has 0 saturated carbocycles. The summed E-state index contributed by atoms with van der Waals surface area (Å²) in [4.78, 5) is 17.6. The van der Waals surface area contributed by atoms with Crippen LogP contribution in [0.1, 0.15) is 10.4 Å². The lowest BCUT2D eigenvalue weighted by atomic mass is 10.2. The maximum atomic E-state index is 12.9. The van der Waals surface area contributed by atoms with Gasteiger partial charge in [-0.2, -0.15) is 4.99 Å². The van der Waals surface area contributed by atoms with E-state index in [1.807, 2.05) is 4.57 Å². The van der Waals surface area contributed by atoms with E-state index < -0.39 is 5.91 Å². The Kier molecular flexibility index (Phi) is 5.89. The van der Waals surface area contributed by atoms with Gasteiger partial charge < -0.3 is 14.0 Å². The fourth-order valence-electron chi connectivity index (χ4n) is 2.72. The predicted octanol–water partition coefficient (Wildman–Crippen LogP) is 4.95. The Morgan fingerprint density at radius 2 is 2.07 bits per heavy atom. The van der Waals surface area contributed by atoms with Crippen LogP contribution in [0.15, 0.2) is 48.0 Å². The molecule has 0 bridgehead atoms. The molecule has 140 valence electrons. The van der Waals surface area contributed by atoms with Crippen LogP contribution in [0, 0.1) is 0 Å². The number of amides is 1. The number of allylic oxidation sites excluding steroid dienone is 1. The summed E-state index contributed by atoms with van der Waals surface area (Å²) < 4.78 is 13.2. The molecule has 0 N–H and O–H groups in total. The molecule has 0 aliphatic rings. The van der Waals surface area contributed by atoms with Crippen molar-refractivity contribution in [1.82, 2.24) is 4.57 Å². The maximum absolute atomic E-state index is 12.9. The van der Waals surface area contributed by atoms with Gasteiger partial charge in [0.25, 0.3) is 5.91 Å². The molecule has 2 aromatic carbocycles. The monoisotopic (exact) mass is 422 g/mol. The fraction of sp³-hybridized carbons (Fsp3) is 0.158. The summed E-state index contributed by atoms with van der Waals surface area (Å²) in [6, 6.07) is 8.53. The zero-order valence-electron chi connectivity index (χ0n) is 14.7. The van der Waals surface area contributed by atoms with Crippen molar-refractivity contribution in [3.63, 3.8) is 0 Å². The summed E-state index contributed by atoms with van der Waals surface area (Å²) in [5.74, 6) is 0.354. The summed E-state index contributed by atoms with van der Waals surface area (Å²) >= 11 is 13.8. The molecule has 8 heteroatoms. The number of hydrogen-bond acceptors (Lipinski definition) is 4. The molecule has 5 nitrogen and oxygen atoms in total. The second kappa shape index (κ2) is 8.17. The van der Waals surface area contributed by atoms with Crippen LogP contribution in [0.2, 0.25) is 10.0 Å². The van der Waals surface area contributed by atoms with E-state index in [4.69, 9.17) is 32.7 Å². The maximum Gasteiger partial charge on any atom is 0.283 e. The number of rotatable bonds is 5. The van der Waals surface area contributed by atoms with E-state index in [2.05, 4.69) is 11.6 Å². The van der Waals surface area contributed by atoms with E-state index in [1.54, 1.807) is 36.4 Å². The third kappa shape index (κ3) is 3.74. The Hall–Kier alpha value is -2.28. The van der Waals surface area contributed by atoms with Gasteiger partial charge in [-0.3, -0.25) is 4.79 Å². The Morgan fingerprint density at radius 1 is 1.30 bits per heavy atom. The second-order valence-corrected chi connectivity index (χ2v) is 7.33. The number of benzene rings is 2. The lowest BCUT2D eigenvalue weighted by molar-refractivity contribution is 0.0994. The normalized spacial score (nSPS) is 11.6. The number of ether oxygens (including phenoxy) is 2. The Bertz CT molecular complexity index is 1100. The van der Waals surface area contributed by atoms with Gasteiger partial charge in [0.15, 0.2) is 16.3 Å². The number of nitrogens with zero attached hydrogens (tertiary/aromatic N) is 2. The summed E-state index contributed by atoms with van der Waals surface area (Å²) in [6.07, 6.45) is 1.72. The van der Waals surface area contributed by atoms with Crippen LogP contribution in [0.4, 0.5) is 0 Å². The van der Waals surface area contributed by atoms with Crippen LogP contribution in [0.5, 0.6) is 11.5 Å². The molecule has 1 amide bonds. The number of halogens is 2. The first kappa shape index (κ1) is 19.5. The van der Waals surface area contributed by atoms with Gasteiger partial charge >= 0.3 is 0 Å². The second-order valence-electron chi connectivity index (χ2n) is 5.48. The summed E-state index contributed by atoms with van der Waals surface area (Å²) in [6.45, 7) is 4.22. The van der Waals surface area contributed by atoms with Gasteiger partial charge in [0.1, 0.15) is 0 Å². The zero-order valence-corrected chi connectivity index (χ0v) is 17.0. The number of hydrogen-bond donors (Lipinski definition) is 0. The van der Waals surface area contributed by atoms with Gasteiger partial charge in [-0.05, 0) is 24.3 Å². The largest absolute Gasteiger partial charge is 0.493 e. The highest BCUT2D eigenvalue weighted by Crippen LogP contribution is 2.32. The molecule has 3 aromatic rings.